The van der Waals surface area contributed by atoms with Crippen LogP contribution < -0.4 is 4.74 Å². The van der Waals surface area contributed by atoms with Gasteiger partial charge in [-0.2, -0.15) is 8.78 Å². The Morgan fingerprint density at radius 3 is 2.67 bits per heavy atom. The molecule has 1 aromatic rings. The van der Waals surface area contributed by atoms with Crippen LogP contribution in [0.3, 0.4) is 0 Å². The lowest BCUT2D eigenvalue weighted by atomic mass is 10.2. The lowest BCUT2D eigenvalue weighted by molar-refractivity contribution is -0.199. The molecule has 1 rings (SSSR count). The first-order valence-corrected chi connectivity index (χ1v) is 4.29. The second-order valence-electron chi connectivity index (χ2n) is 2.65. The monoisotopic (exact) mass is 238 g/mol. The largest absolute Gasteiger partial charge is 0.444 e. The molecule has 0 aliphatic heterocycles. The van der Waals surface area contributed by atoms with E-state index in [2.05, 4.69) is 16.3 Å². The van der Waals surface area contributed by atoms with Crippen molar-refractivity contribution in [2.24, 2.45) is 0 Å². The summed E-state index contributed by atoms with van der Waals surface area (Å²) >= 11 is 4.58. The van der Waals surface area contributed by atoms with Crippen molar-refractivity contribution in [2.75, 3.05) is 0 Å². The zero-order chi connectivity index (χ0) is 11.5. The first-order chi connectivity index (χ1) is 6.95. The maximum Gasteiger partial charge on any atom is 0.444 e. The number of aldehydes is 1. The minimum Gasteiger partial charge on any atom is -0.429 e. The third kappa shape index (κ3) is 3.13. The third-order valence-corrected chi connectivity index (χ3v) is 1.76. The van der Waals surface area contributed by atoms with E-state index in [4.69, 9.17) is 0 Å². The summed E-state index contributed by atoms with van der Waals surface area (Å²) in [6, 6.07) is 4.95. The molecule has 1 atom stereocenters. The van der Waals surface area contributed by atoms with Gasteiger partial charge in [0, 0.05) is 5.56 Å². The molecule has 0 saturated heterocycles. The van der Waals surface area contributed by atoms with Crippen molar-refractivity contribution >= 4 is 17.9 Å². The molecule has 0 N–H and O–H groups in total. The Bertz CT molecular complexity index is 355. The molecule has 82 valence electrons. The highest BCUT2D eigenvalue weighted by molar-refractivity contribution is 6.20. The van der Waals surface area contributed by atoms with Gasteiger partial charge in [-0.25, -0.2) is 4.39 Å². The van der Waals surface area contributed by atoms with Crippen molar-refractivity contribution in [1.29, 1.82) is 0 Å². The topological polar surface area (TPSA) is 26.3 Å². The van der Waals surface area contributed by atoms with Crippen LogP contribution in [0.25, 0.3) is 0 Å². The summed E-state index contributed by atoms with van der Waals surface area (Å²) in [7, 11) is 0. The number of rotatable bonds is 4. The van der Waals surface area contributed by atoms with Crippen LogP contribution in [0, 0.1) is 0 Å². The Hall–Kier alpha value is -1.23. The molecule has 2 nitrogen and oxygen atoms in total. The van der Waals surface area contributed by atoms with Gasteiger partial charge < -0.3 is 4.74 Å². The molecule has 0 fully saturated rings. The normalized spacial score (nSPS) is 13.3. The van der Waals surface area contributed by atoms with E-state index in [0.717, 1.165) is 6.07 Å². The van der Waals surface area contributed by atoms with Crippen molar-refractivity contribution in [2.45, 2.75) is 11.7 Å². The smallest absolute Gasteiger partial charge is 0.429 e. The maximum absolute atomic E-state index is 12.7. The van der Waals surface area contributed by atoms with E-state index in [0.29, 0.717) is 6.29 Å². The van der Waals surface area contributed by atoms with E-state index < -0.39 is 11.7 Å². The second-order valence-corrected chi connectivity index (χ2v) is 3.04. The van der Waals surface area contributed by atoms with Crippen LogP contribution in [0.15, 0.2) is 24.3 Å². The fraction of sp³-hybridized carbons (Fsp3) is 0.222. The van der Waals surface area contributed by atoms with E-state index in [1.54, 1.807) is 0 Å². The highest BCUT2D eigenvalue weighted by atomic mass is 35.5. The molecule has 1 aromatic carbocycles. The van der Waals surface area contributed by atoms with Crippen LogP contribution in [0.5, 0.6) is 5.75 Å². The van der Waals surface area contributed by atoms with Crippen LogP contribution in [0.2, 0.25) is 0 Å². The summed E-state index contributed by atoms with van der Waals surface area (Å²) in [6.07, 6.45) is -3.66. The van der Waals surface area contributed by atoms with Crippen LogP contribution in [0.4, 0.5) is 13.2 Å². The highest BCUT2D eigenvalue weighted by Gasteiger charge is 2.42. The molecule has 0 aliphatic rings. The summed E-state index contributed by atoms with van der Waals surface area (Å²) in [5.41, 5.74) is -2.80. The SMILES string of the molecule is O=Cc1cccc(OC(F)(F)C(F)Cl)c1. The predicted octanol–water partition coefficient (Wildman–Crippen LogP) is 3.01. The van der Waals surface area contributed by atoms with Crippen LogP contribution in [-0.2, 0) is 0 Å². The number of carbonyl (C=O) groups is 1. The number of ether oxygens (including phenoxy) is 1. The number of hydrogen-bond acceptors (Lipinski definition) is 2. The van der Waals surface area contributed by atoms with Crippen molar-refractivity contribution in [3.8, 4) is 5.75 Å². The molecule has 0 bridgehead atoms. The predicted molar refractivity (Wildman–Crippen MR) is 48.2 cm³/mol. The first-order valence-electron chi connectivity index (χ1n) is 3.86. The molecule has 0 spiro atoms. The Balaban J connectivity index is 2.84. The molecule has 1 unspecified atom stereocenters. The summed E-state index contributed by atoms with van der Waals surface area (Å²) in [4.78, 5) is 10.3. The summed E-state index contributed by atoms with van der Waals surface area (Å²) in [5.74, 6) is -0.326. The second kappa shape index (κ2) is 4.53. The number of halogens is 4. The van der Waals surface area contributed by atoms with Gasteiger partial charge in [0.05, 0.1) is 0 Å². The van der Waals surface area contributed by atoms with Gasteiger partial charge in [0.25, 0.3) is 5.63 Å². The molecule has 0 aliphatic carbocycles. The number of alkyl halides is 4. The van der Waals surface area contributed by atoms with Gasteiger partial charge in [-0.05, 0) is 12.1 Å². The minimum atomic E-state index is -4.12. The zero-order valence-corrected chi connectivity index (χ0v) is 8.05. The molecule has 0 aromatic heterocycles. The number of benzene rings is 1. The third-order valence-electron chi connectivity index (χ3n) is 1.50. The molecule has 6 heteroatoms. The molecule has 0 radical (unpaired) electrons. The first kappa shape index (κ1) is 11.8. The fourth-order valence-electron chi connectivity index (χ4n) is 0.853. The van der Waals surface area contributed by atoms with E-state index >= 15 is 0 Å². The van der Waals surface area contributed by atoms with E-state index in [1.165, 1.54) is 18.2 Å². The molecule has 15 heavy (non-hydrogen) atoms. The van der Waals surface area contributed by atoms with Gasteiger partial charge in [-0.1, -0.05) is 23.7 Å². The van der Waals surface area contributed by atoms with E-state index in [-0.39, 0.29) is 11.3 Å². The highest BCUT2D eigenvalue weighted by Crippen LogP contribution is 2.28. The minimum absolute atomic E-state index is 0.147. The number of hydrogen-bond donors (Lipinski definition) is 0. The Morgan fingerprint density at radius 1 is 1.47 bits per heavy atom. The lowest BCUT2D eigenvalue weighted by Crippen LogP contribution is -2.32. The maximum atomic E-state index is 12.7. The van der Waals surface area contributed by atoms with Crippen molar-refractivity contribution in [3.05, 3.63) is 29.8 Å². The molecular weight excluding hydrogens is 233 g/mol. The average Bonchev–Trinajstić information content (AvgIpc) is 2.17. The fourth-order valence-corrected chi connectivity index (χ4v) is 0.898. The Morgan fingerprint density at radius 2 is 2.13 bits per heavy atom. The Labute approximate surface area is 88.6 Å². The molecule has 0 amide bonds. The van der Waals surface area contributed by atoms with Gasteiger partial charge in [0.1, 0.15) is 12.0 Å². The van der Waals surface area contributed by atoms with Gasteiger partial charge >= 0.3 is 6.11 Å². The van der Waals surface area contributed by atoms with Crippen molar-refractivity contribution in [1.82, 2.24) is 0 Å². The summed E-state index contributed by atoms with van der Waals surface area (Å²) in [5, 5.41) is 0. The molecule has 0 heterocycles. The van der Waals surface area contributed by atoms with Gasteiger partial charge in [-0.15, -0.1) is 0 Å². The summed E-state index contributed by atoms with van der Waals surface area (Å²) in [6.45, 7) is 0. The standard InChI is InChI=1S/C9H6ClF3O2/c10-8(11)9(12,13)15-7-3-1-2-6(4-7)5-14/h1-5,8H. The quantitative estimate of drug-likeness (QED) is 0.595. The van der Waals surface area contributed by atoms with Crippen LogP contribution in [0.1, 0.15) is 10.4 Å². The van der Waals surface area contributed by atoms with Crippen molar-refractivity contribution in [3.63, 3.8) is 0 Å². The van der Waals surface area contributed by atoms with Gasteiger partial charge in [0.15, 0.2) is 0 Å². The Kier molecular flexibility index (Phi) is 3.57. The lowest BCUT2D eigenvalue weighted by Gasteiger charge is -2.17. The molecular formula is C9H6ClF3O2. The van der Waals surface area contributed by atoms with Crippen LogP contribution in [-0.4, -0.2) is 18.0 Å². The van der Waals surface area contributed by atoms with Gasteiger partial charge in [0.2, 0.25) is 0 Å². The average molecular weight is 239 g/mol. The number of carbonyl (C=O) groups excluding carboxylic acids is 1. The van der Waals surface area contributed by atoms with E-state index in [9.17, 15) is 18.0 Å². The molecule has 0 saturated carbocycles. The van der Waals surface area contributed by atoms with Gasteiger partial charge in [-0.3, -0.25) is 4.79 Å². The summed E-state index contributed by atoms with van der Waals surface area (Å²) < 4.78 is 41.5. The van der Waals surface area contributed by atoms with Crippen molar-refractivity contribution < 1.29 is 22.7 Å². The van der Waals surface area contributed by atoms with E-state index in [1.807, 2.05) is 0 Å². The van der Waals surface area contributed by atoms with Crippen LogP contribution >= 0.6 is 11.6 Å². The zero-order valence-electron chi connectivity index (χ0n) is 7.29.